The van der Waals surface area contributed by atoms with E-state index < -0.39 is 0 Å². The lowest BCUT2D eigenvalue weighted by atomic mass is 9.96. The van der Waals surface area contributed by atoms with Gasteiger partial charge >= 0.3 is 0 Å². The van der Waals surface area contributed by atoms with Gasteiger partial charge in [0.1, 0.15) is 0 Å². The van der Waals surface area contributed by atoms with Crippen LogP contribution in [0.4, 0.5) is 0 Å². The third kappa shape index (κ3) is 5.44. The first kappa shape index (κ1) is 33.3. The molecule has 0 bridgehead atoms. The van der Waals surface area contributed by atoms with Gasteiger partial charge in [-0.2, -0.15) is 0 Å². The molecule has 3 nitrogen and oxygen atoms in total. The van der Waals surface area contributed by atoms with Gasteiger partial charge < -0.3 is 4.57 Å². The van der Waals surface area contributed by atoms with Gasteiger partial charge in [-0.15, -0.1) is 0 Å². The molecule has 0 atom stereocenters. The standard InChI is InChI=1S/C56H35N3/c1-2-11-36(12-3-1)37-21-23-38(24-22-37)39-25-27-42(28-26-39)55-56(58-50-20-9-8-19-49(50)57-55)48-18-10-15-43-35-44(31-32-45(43)48)59-51-33-29-40-13-4-6-16-46(40)53(51)54-47-17-7-5-14-41(47)30-34-52(54)59/h1-35H. The molecule has 0 aliphatic rings. The van der Waals surface area contributed by atoms with E-state index in [1.165, 1.54) is 60.0 Å². The van der Waals surface area contributed by atoms with E-state index in [1.807, 2.05) is 18.2 Å². The van der Waals surface area contributed by atoms with E-state index in [4.69, 9.17) is 9.97 Å². The van der Waals surface area contributed by atoms with Crippen molar-refractivity contribution in [2.24, 2.45) is 0 Å². The molecule has 274 valence electrons. The summed E-state index contributed by atoms with van der Waals surface area (Å²) in [6.07, 6.45) is 0. The van der Waals surface area contributed by atoms with Crippen LogP contribution in [0.1, 0.15) is 0 Å². The summed E-state index contributed by atoms with van der Waals surface area (Å²) < 4.78 is 2.44. The highest BCUT2D eigenvalue weighted by molar-refractivity contribution is 6.28. The molecule has 0 N–H and O–H groups in total. The number of nitrogens with zero attached hydrogens (tertiary/aromatic N) is 3. The van der Waals surface area contributed by atoms with Gasteiger partial charge in [0, 0.05) is 27.6 Å². The molecule has 2 aromatic heterocycles. The molecule has 0 saturated carbocycles. The molecule has 0 spiro atoms. The molecule has 3 heteroatoms. The van der Waals surface area contributed by atoms with Crippen LogP contribution >= 0.6 is 0 Å². The Kier molecular flexibility index (Phi) is 7.54. The monoisotopic (exact) mass is 749 g/mol. The number of fused-ring (bicyclic) bond motifs is 9. The quantitative estimate of drug-likeness (QED) is 0.175. The van der Waals surface area contributed by atoms with Crippen LogP contribution in [0.5, 0.6) is 0 Å². The highest BCUT2D eigenvalue weighted by Gasteiger charge is 2.19. The van der Waals surface area contributed by atoms with Gasteiger partial charge in [0.05, 0.1) is 33.5 Å². The van der Waals surface area contributed by atoms with Crippen LogP contribution in [-0.4, -0.2) is 14.5 Å². The fraction of sp³-hybridized carbons (Fsp3) is 0. The van der Waals surface area contributed by atoms with E-state index >= 15 is 0 Å². The van der Waals surface area contributed by atoms with Crippen LogP contribution in [0.15, 0.2) is 212 Å². The van der Waals surface area contributed by atoms with Crippen molar-refractivity contribution in [2.75, 3.05) is 0 Å². The second kappa shape index (κ2) is 13.4. The molecular weight excluding hydrogens is 715 g/mol. The molecule has 0 saturated heterocycles. The van der Waals surface area contributed by atoms with Crippen LogP contribution in [0, 0.1) is 0 Å². The van der Waals surface area contributed by atoms with Gasteiger partial charge in [-0.25, -0.2) is 9.97 Å². The topological polar surface area (TPSA) is 30.7 Å². The molecule has 0 aliphatic heterocycles. The summed E-state index contributed by atoms with van der Waals surface area (Å²) in [4.78, 5) is 10.6. The van der Waals surface area contributed by atoms with Gasteiger partial charge in [0.2, 0.25) is 0 Å². The predicted octanol–water partition coefficient (Wildman–Crippen LogP) is 14.9. The number of hydrogen-bond donors (Lipinski definition) is 0. The second-order valence-electron chi connectivity index (χ2n) is 15.3. The third-order valence-electron chi connectivity index (χ3n) is 12.0. The lowest BCUT2D eigenvalue weighted by Gasteiger charge is -2.15. The molecule has 12 rings (SSSR count). The molecule has 0 fully saturated rings. The third-order valence-corrected chi connectivity index (χ3v) is 12.0. The van der Waals surface area contributed by atoms with E-state index in [0.29, 0.717) is 0 Å². The largest absolute Gasteiger partial charge is 0.309 e. The van der Waals surface area contributed by atoms with Crippen molar-refractivity contribution < 1.29 is 0 Å². The number of hydrogen-bond acceptors (Lipinski definition) is 2. The van der Waals surface area contributed by atoms with Crippen molar-refractivity contribution in [3.05, 3.63) is 212 Å². The average molecular weight is 750 g/mol. The molecular formula is C56H35N3. The Bertz CT molecular complexity index is 3490. The fourth-order valence-electron chi connectivity index (χ4n) is 9.14. The van der Waals surface area contributed by atoms with E-state index in [0.717, 1.165) is 55.6 Å². The van der Waals surface area contributed by atoms with Crippen molar-refractivity contribution in [3.63, 3.8) is 0 Å². The summed E-state index contributed by atoms with van der Waals surface area (Å²) in [5.41, 5.74) is 13.9. The molecule has 0 aliphatic carbocycles. The smallest absolute Gasteiger partial charge is 0.0979 e. The van der Waals surface area contributed by atoms with Crippen LogP contribution in [0.3, 0.4) is 0 Å². The minimum atomic E-state index is 0.868. The number of aromatic nitrogens is 3. The molecule has 59 heavy (non-hydrogen) atoms. The fourth-order valence-corrected chi connectivity index (χ4v) is 9.14. The molecule has 12 aromatic rings. The van der Waals surface area contributed by atoms with Crippen LogP contribution in [-0.2, 0) is 0 Å². The lowest BCUT2D eigenvalue weighted by Crippen LogP contribution is -1.97. The normalized spacial score (nSPS) is 11.7. The van der Waals surface area contributed by atoms with Crippen molar-refractivity contribution in [3.8, 4) is 50.5 Å². The summed E-state index contributed by atoms with van der Waals surface area (Å²) >= 11 is 0. The lowest BCUT2D eigenvalue weighted by molar-refractivity contribution is 1.19. The highest BCUT2D eigenvalue weighted by atomic mass is 15.0. The Balaban J connectivity index is 0.999. The maximum atomic E-state index is 5.34. The molecule has 10 aromatic carbocycles. The van der Waals surface area contributed by atoms with Crippen molar-refractivity contribution in [2.45, 2.75) is 0 Å². The van der Waals surface area contributed by atoms with E-state index in [-0.39, 0.29) is 0 Å². The van der Waals surface area contributed by atoms with Gasteiger partial charge in [0.15, 0.2) is 0 Å². The maximum absolute atomic E-state index is 5.34. The summed E-state index contributed by atoms with van der Waals surface area (Å²) in [6, 6.07) is 76.2. The Hall–Kier alpha value is -7.88. The molecule has 0 unspecified atom stereocenters. The zero-order valence-electron chi connectivity index (χ0n) is 32.0. The number of rotatable bonds is 5. The SMILES string of the molecule is c1ccc(-c2ccc(-c3ccc(-c4nc5ccccc5nc4-c4cccc5cc(-n6c7ccc8ccccc8c7c7c8ccccc8ccc76)ccc45)cc3)cc2)cc1. The van der Waals surface area contributed by atoms with Crippen molar-refractivity contribution in [1.29, 1.82) is 0 Å². The first-order valence-corrected chi connectivity index (χ1v) is 20.2. The Morgan fingerprint density at radius 2 is 0.797 bits per heavy atom. The van der Waals surface area contributed by atoms with Crippen LogP contribution in [0.2, 0.25) is 0 Å². The Morgan fingerprint density at radius 1 is 0.305 bits per heavy atom. The van der Waals surface area contributed by atoms with Crippen molar-refractivity contribution >= 4 is 65.2 Å². The minimum Gasteiger partial charge on any atom is -0.309 e. The minimum absolute atomic E-state index is 0.868. The second-order valence-corrected chi connectivity index (χ2v) is 15.3. The predicted molar refractivity (Wildman–Crippen MR) is 248 cm³/mol. The van der Waals surface area contributed by atoms with Gasteiger partial charge in [0.25, 0.3) is 0 Å². The maximum Gasteiger partial charge on any atom is 0.0979 e. The van der Waals surface area contributed by atoms with Crippen LogP contribution < -0.4 is 0 Å². The molecule has 2 heterocycles. The van der Waals surface area contributed by atoms with Crippen LogP contribution in [0.25, 0.3) is 116 Å². The Morgan fingerprint density at radius 3 is 1.41 bits per heavy atom. The summed E-state index contributed by atoms with van der Waals surface area (Å²) in [6.45, 7) is 0. The van der Waals surface area contributed by atoms with Crippen molar-refractivity contribution in [1.82, 2.24) is 14.5 Å². The molecule has 0 radical (unpaired) electrons. The Labute approximate surface area is 341 Å². The average Bonchev–Trinajstić information content (AvgIpc) is 3.67. The number of benzene rings is 10. The van der Waals surface area contributed by atoms with E-state index in [9.17, 15) is 0 Å². The first-order valence-electron chi connectivity index (χ1n) is 20.2. The molecule has 0 amide bonds. The first-order chi connectivity index (χ1) is 29.2. The highest BCUT2D eigenvalue weighted by Crippen LogP contribution is 2.42. The number of para-hydroxylation sites is 2. The van der Waals surface area contributed by atoms with Gasteiger partial charge in [-0.3, -0.25) is 0 Å². The van der Waals surface area contributed by atoms with E-state index in [1.54, 1.807) is 0 Å². The zero-order valence-corrected chi connectivity index (χ0v) is 32.0. The van der Waals surface area contributed by atoms with Gasteiger partial charge in [-0.1, -0.05) is 176 Å². The zero-order chi connectivity index (χ0) is 38.9. The van der Waals surface area contributed by atoms with E-state index in [2.05, 4.69) is 199 Å². The summed E-state index contributed by atoms with van der Waals surface area (Å²) in [5.74, 6) is 0. The summed E-state index contributed by atoms with van der Waals surface area (Å²) in [5, 5.41) is 9.88. The summed E-state index contributed by atoms with van der Waals surface area (Å²) in [7, 11) is 0. The van der Waals surface area contributed by atoms with Gasteiger partial charge in [-0.05, 0) is 91.0 Å².